The van der Waals surface area contributed by atoms with Gasteiger partial charge in [-0.05, 0) is 31.7 Å². The molecular weight excluding hydrogens is 346 g/mol. The number of nitrogens with one attached hydrogen (secondary N) is 1. The van der Waals surface area contributed by atoms with Gasteiger partial charge in [-0.3, -0.25) is 9.69 Å². The molecule has 1 aromatic heterocycles. The highest BCUT2D eigenvalue weighted by molar-refractivity contribution is 5.76. The van der Waals surface area contributed by atoms with Crippen LogP contribution in [0.5, 0.6) is 0 Å². The van der Waals surface area contributed by atoms with Crippen LogP contribution in [0.2, 0.25) is 0 Å². The normalized spacial score (nSPS) is 24.4. The van der Waals surface area contributed by atoms with Gasteiger partial charge in [0.05, 0.1) is 18.8 Å². The first-order valence-electron chi connectivity index (χ1n) is 9.96. The molecule has 3 rings (SSSR count). The molecule has 1 aromatic rings. The van der Waals surface area contributed by atoms with E-state index in [9.17, 15) is 9.90 Å². The molecule has 8 heteroatoms. The number of β-amino-alcohol motifs (C(OH)–C–C–N with tert-alkyl or cyclic N) is 1. The van der Waals surface area contributed by atoms with Crippen LogP contribution in [-0.2, 0) is 9.53 Å². The first-order valence-corrected chi connectivity index (χ1v) is 9.96. The van der Waals surface area contributed by atoms with Crippen molar-refractivity contribution in [1.82, 2.24) is 19.8 Å². The van der Waals surface area contributed by atoms with Crippen molar-refractivity contribution in [2.75, 3.05) is 57.8 Å². The summed E-state index contributed by atoms with van der Waals surface area (Å²) in [5, 5.41) is 14.1. The topological polar surface area (TPSA) is 90.8 Å². The monoisotopic (exact) mass is 377 g/mol. The summed E-state index contributed by atoms with van der Waals surface area (Å²) in [4.78, 5) is 24.9. The van der Waals surface area contributed by atoms with E-state index >= 15 is 0 Å². The predicted octanol–water partition coefficient (Wildman–Crippen LogP) is 0.745. The number of rotatable bonds is 7. The van der Waals surface area contributed by atoms with Gasteiger partial charge in [-0.1, -0.05) is 0 Å². The Morgan fingerprint density at radius 1 is 1.19 bits per heavy atom. The van der Waals surface area contributed by atoms with E-state index in [0.717, 1.165) is 52.1 Å². The van der Waals surface area contributed by atoms with Gasteiger partial charge < -0.3 is 20.1 Å². The molecule has 2 N–H and O–H groups in total. The van der Waals surface area contributed by atoms with Gasteiger partial charge in [0, 0.05) is 58.1 Å². The number of amides is 1. The lowest BCUT2D eigenvalue weighted by molar-refractivity contribution is -0.131. The van der Waals surface area contributed by atoms with Crippen molar-refractivity contribution < 1.29 is 14.6 Å². The van der Waals surface area contributed by atoms with E-state index < -0.39 is 5.60 Å². The fourth-order valence-corrected chi connectivity index (χ4v) is 3.75. The summed E-state index contributed by atoms with van der Waals surface area (Å²) >= 11 is 0. The smallest absolute Gasteiger partial charge is 0.222 e. The quantitative estimate of drug-likeness (QED) is 0.678. The van der Waals surface area contributed by atoms with E-state index in [4.69, 9.17) is 4.74 Å². The molecule has 0 aromatic carbocycles. The Morgan fingerprint density at radius 3 is 2.74 bits per heavy atom. The van der Waals surface area contributed by atoms with Crippen LogP contribution in [0.1, 0.15) is 32.1 Å². The molecule has 2 fully saturated rings. The summed E-state index contributed by atoms with van der Waals surface area (Å²) in [5.41, 5.74) is -0.696. The number of hydrogen-bond donors (Lipinski definition) is 2. The van der Waals surface area contributed by atoms with Crippen molar-refractivity contribution in [3.63, 3.8) is 0 Å². The van der Waals surface area contributed by atoms with E-state index in [0.29, 0.717) is 38.4 Å². The fraction of sp³-hybridized carbons (Fsp3) is 0.737. The zero-order valence-electron chi connectivity index (χ0n) is 16.0. The SMILES string of the molecule is O=C(CCCNc1ncccn1)N1CCC[C@@](O)(CN2CCOCC2)CC1. The standard InChI is InChI=1S/C19H31N5O3/c25-17(4-1-7-20-18-21-8-3-9-22-18)24-10-2-5-19(26,6-11-24)16-23-12-14-27-15-13-23/h3,8-9,26H,1-2,4-7,10-16H2,(H,20,21,22)/t19-/m0/s1. The molecule has 0 bridgehead atoms. The number of aliphatic hydroxyl groups is 1. The molecule has 1 atom stereocenters. The molecule has 2 saturated heterocycles. The first kappa shape index (κ1) is 20.0. The maximum absolute atomic E-state index is 12.5. The van der Waals surface area contributed by atoms with Crippen molar-refractivity contribution in [3.8, 4) is 0 Å². The number of ether oxygens (including phenoxy) is 1. The molecule has 0 saturated carbocycles. The third kappa shape index (κ3) is 6.41. The Bertz CT molecular complexity index is 582. The van der Waals surface area contributed by atoms with E-state index in [-0.39, 0.29) is 5.91 Å². The van der Waals surface area contributed by atoms with Gasteiger partial charge in [0.25, 0.3) is 0 Å². The Kier molecular flexibility index (Phi) is 7.37. The number of hydrogen-bond acceptors (Lipinski definition) is 7. The van der Waals surface area contributed by atoms with Crippen LogP contribution in [0, 0.1) is 0 Å². The second-order valence-electron chi connectivity index (χ2n) is 7.45. The molecule has 0 radical (unpaired) electrons. The lowest BCUT2D eigenvalue weighted by Crippen LogP contribution is -2.48. The first-order chi connectivity index (χ1) is 13.1. The van der Waals surface area contributed by atoms with Gasteiger partial charge in [-0.25, -0.2) is 9.97 Å². The van der Waals surface area contributed by atoms with Crippen LogP contribution in [0.25, 0.3) is 0 Å². The van der Waals surface area contributed by atoms with Gasteiger partial charge >= 0.3 is 0 Å². The molecule has 0 spiro atoms. The molecule has 1 amide bonds. The van der Waals surface area contributed by atoms with E-state index in [1.807, 2.05) is 4.90 Å². The number of nitrogens with zero attached hydrogens (tertiary/aromatic N) is 4. The average Bonchev–Trinajstić information content (AvgIpc) is 2.88. The van der Waals surface area contributed by atoms with Crippen molar-refractivity contribution in [2.24, 2.45) is 0 Å². The molecule has 150 valence electrons. The van der Waals surface area contributed by atoms with E-state index in [2.05, 4.69) is 20.2 Å². The Hall–Kier alpha value is -1.77. The van der Waals surface area contributed by atoms with Crippen molar-refractivity contribution >= 4 is 11.9 Å². The van der Waals surface area contributed by atoms with Gasteiger partial charge in [0.15, 0.2) is 0 Å². The number of likely N-dealkylation sites (tertiary alicyclic amines) is 1. The third-order valence-electron chi connectivity index (χ3n) is 5.31. The highest BCUT2D eigenvalue weighted by Gasteiger charge is 2.33. The summed E-state index contributed by atoms with van der Waals surface area (Å²) in [6, 6.07) is 1.77. The highest BCUT2D eigenvalue weighted by atomic mass is 16.5. The van der Waals surface area contributed by atoms with Crippen molar-refractivity contribution in [2.45, 2.75) is 37.7 Å². The summed E-state index contributed by atoms with van der Waals surface area (Å²) in [5.74, 6) is 0.759. The van der Waals surface area contributed by atoms with Crippen LogP contribution in [0.15, 0.2) is 18.5 Å². The minimum absolute atomic E-state index is 0.168. The van der Waals surface area contributed by atoms with Gasteiger partial charge in [0.2, 0.25) is 11.9 Å². The Balaban J connectivity index is 1.38. The second-order valence-corrected chi connectivity index (χ2v) is 7.45. The minimum Gasteiger partial charge on any atom is -0.388 e. The van der Waals surface area contributed by atoms with Crippen LogP contribution < -0.4 is 5.32 Å². The van der Waals surface area contributed by atoms with Gasteiger partial charge in [0.1, 0.15) is 0 Å². The number of anilines is 1. The molecular formula is C19H31N5O3. The number of morpholine rings is 1. The van der Waals surface area contributed by atoms with Crippen LogP contribution in [0.4, 0.5) is 5.95 Å². The van der Waals surface area contributed by atoms with Crippen molar-refractivity contribution in [1.29, 1.82) is 0 Å². The zero-order valence-corrected chi connectivity index (χ0v) is 16.0. The summed E-state index contributed by atoms with van der Waals surface area (Å²) in [7, 11) is 0. The lowest BCUT2D eigenvalue weighted by Gasteiger charge is -2.35. The van der Waals surface area contributed by atoms with E-state index in [1.54, 1.807) is 18.5 Å². The van der Waals surface area contributed by atoms with Gasteiger partial charge in [-0.15, -0.1) is 0 Å². The maximum atomic E-state index is 12.5. The fourth-order valence-electron chi connectivity index (χ4n) is 3.75. The van der Waals surface area contributed by atoms with E-state index in [1.165, 1.54) is 0 Å². The predicted molar refractivity (Wildman–Crippen MR) is 102 cm³/mol. The lowest BCUT2D eigenvalue weighted by atomic mass is 9.94. The largest absolute Gasteiger partial charge is 0.388 e. The van der Waals surface area contributed by atoms with Crippen LogP contribution in [0.3, 0.4) is 0 Å². The highest BCUT2D eigenvalue weighted by Crippen LogP contribution is 2.24. The number of aromatic nitrogens is 2. The molecule has 2 aliphatic heterocycles. The number of carbonyl (C=O) groups excluding carboxylic acids is 1. The molecule has 0 unspecified atom stereocenters. The maximum Gasteiger partial charge on any atom is 0.222 e. The molecule has 0 aliphatic carbocycles. The summed E-state index contributed by atoms with van der Waals surface area (Å²) in [6.07, 6.45) is 6.87. The Labute approximate surface area is 160 Å². The zero-order chi connectivity index (χ0) is 19.0. The summed E-state index contributed by atoms with van der Waals surface area (Å²) < 4.78 is 5.38. The molecule has 27 heavy (non-hydrogen) atoms. The molecule has 2 aliphatic rings. The molecule has 8 nitrogen and oxygen atoms in total. The second kappa shape index (κ2) is 9.96. The third-order valence-corrected chi connectivity index (χ3v) is 5.31. The summed E-state index contributed by atoms with van der Waals surface area (Å²) in [6.45, 7) is 5.95. The van der Waals surface area contributed by atoms with Crippen LogP contribution >= 0.6 is 0 Å². The average molecular weight is 377 g/mol. The van der Waals surface area contributed by atoms with Gasteiger partial charge in [-0.2, -0.15) is 0 Å². The Morgan fingerprint density at radius 2 is 1.96 bits per heavy atom. The number of carbonyl (C=O) groups is 1. The van der Waals surface area contributed by atoms with Crippen molar-refractivity contribution in [3.05, 3.63) is 18.5 Å². The molecule has 3 heterocycles. The van der Waals surface area contributed by atoms with Crippen LogP contribution in [-0.4, -0.2) is 88.9 Å². The minimum atomic E-state index is -0.696.